The number of oxime groups is 1. The molecule has 3 heterocycles. The minimum absolute atomic E-state index is 0.0593. The highest BCUT2D eigenvalue weighted by Gasteiger charge is 2.44. The van der Waals surface area contributed by atoms with Crippen molar-refractivity contribution in [2.45, 2.75) is 128 Å². The summed E-state index contributed by atoms with van der Waals surface area (Å²) >= 11 is 0. The molecule has 9 nitrogen and oxygen atoms in total. The van der Waals surface area contributed by atoms with Crippen molar-refractivity contribution >= 4 is 22.7 Å². The summed E-state index contributed by atoms with van der Waals surface area (Å²) < 4.78 is 1.96. The van der Waals surface area contributed by atoms with Crippen molar-refractivity contribution in [3.63, 3.8) is 0 Å². The summed E-state index contributed by atoms with van der Waals surface area (Å²) in [6.07, 6.45) is 14.0. The number of nitrogens with zero attached hydrogens (tertiary/aromatic N) is 4. The predicted octanol–water partition coefficient (Wildman–Crippen LogP) is 5.88. The number of carboxylic acid groups (broad SMARTS) is 1. The minimum atomic E-state index is -0.954. The van der Waals surface area contributed by atoms with Gasteiger partial charge >= 0.3 is 5.97 Å². The number of para-hydroxylation sites is 2. The molecule has 0 spiro atoms. The molecule has 0 amide bonds. The summed E-state index contributed by atoms with van der Waals surface area (Å²) in [5.41, 5.74) is 7.43. The molecule has 0 unspecified atom stereocenters. The molecule has 2 bridgehead atoms. The van der Waals surface area contributed by atoms with Crippen LogP contribution in [0.1, 0.15) is 115 Å². The monoisotopic (exact) mass is 593 g/mol. The van der Waals surface area contributed by atoms with Gasteiger partial charge in [0, 0.05) is 30.6 Å². The molecule has 2 aliphatic heterocycles. The minimum Gasteiger partial charge on any atom is -0.481 e. The van der Waals surface area contributed by atoms with Crippen LogP contribution in [-0.2, 0) is 9.63 Å². The van der Waals surface area contributed by atoms with Crippen LogP contribution in [0.2, 0.25) is 0 Å². The first-order chi connectivity index (χ1) is 20.9. The van der Waals surface area contributed by atoms with Crippen LogP contribution in [-0.4, -0.2) is 62.5 Å². The quantitative estimate of drug-likeness (QED) is 0.169. The molecule has 1 saturated carbocycles. The third kappa shape index (κ3) is 7.48. The van der Waals surface area contributed by atoms with Gasteiger partial charge in [0.25, 0.3) is 5.56 Å². The average molecular weight is 594 g/mol. The summed E-state index contributed by atoms with van der Waals surface area (Å²) in [5, 5.41) is 13.6. The number of hydrogen-bond donors (Lipinski definition) is 2. The highest BCUT2D eigenvalue weighted by Crippen LogP contribution is 2.44. The van der Waals surface area contributed by atoms with Crippen LogP contribution in [0.15, 0.2) is 34.2 Å². The second-order valence-corrected chi connectivity index (χ2v) is 13.3. The lowest BCUT2D eigenvalue weighted by molar-refractivity contribution is -0.136. The van der Waals surface area contributed by atoms with Gasteiger partial charge < -0.3 is 20.2 Å². The Balaban J connectivity index is 1.45. The molecule has 43 heavy (non-hydrogen) atoms. The van der Waals surface area contributed by atoms with E-state index in [-0.39, 0.29) is 35.8 Å². The van der Waals surface area contributed by atoms with E-state index in [1.165, 1.54) is 57.8 Å². The lowest BCUT2D eigenvalue weighted by Crippen LogP contribution is -2.58. The zero-order valence-corrected chi connectivity index (χ0v) is 26.1. The summed E-state index contributed by atoms with van der Waals surface area (Å²) in [4.78, 5) is 38.9. The Hall–Kier alpha value is -2.78. The highest BCUT2D eigenvalue weighted by atomic mass is 16.6. The standard InChI is InChI=1S/C34H51N5O4/c1-3-23(2)19-24-9-6-10-25(20-24)38-26-11-7-12-27(38)22-28(21-26)39-31-14-5-4-13-29(31)36-33(34(39)42)30(15-16-32(40)41)37-43-18-8-17-35/h4-5,13-14,23-28H,3,6-12,15-22,35H2,1-2H3,(H,40,41)/b37-30+/t23-,24+,25-,26-,27+,28+/m1/s1. The summed E-state index contributed by atoms with van der Waals surface area (Å²) in [5.74, 6) is 0.673. The molecule has 6 atom stereocenters. The molecular weight excluding hydrogens is 542 g/mol. The first-order valence-corrected chi connectivity index (χ1v) is 16.8. The fourth-order valence-corrected chi connectivity index (χ4v) is 8.09. The molecule has 3 fully saturated rings. The molecule has 2 aromatic rings. The van der Waals surface area contributed by atoms with Crippen molar-refractivity contribution in [3.05, 3.63) is 40.3 Å². The predicted molar refractivity (Wildman–Crippen MR) is 170 cm³/mol. The Morgan fingerprint density at radius 3 is 2.47 bits per heavy atom. The van der Waals surface area contributed by atoms with Crippen molar-refractivity contribution in [3.8, 4) is 0 Å². The van der Waals surface area contributed by atoms with Crippen LogP contribution in [0.5, 0.6) is 0 Å². The van der Waals surface area contributed by atoms with Crippen molar-refractivity contribution < 1.29 is 14.7 Å². The Morgan fingerprint density at radius 2 is 1.77 bits per heavy atom. The first kappa shape index (κ1) is 31.6. The van der Waals surface area contributed by atoms with E-state index in [2.05, 4.69) is 23.9 Å². The molecule has 9 heteroatoms. The van der Waals surface area contributed by atoms with E-state index >= 15 is 0 Å². The van der Waals surface area contributed by atoms with E-state index in [9.17, 15) is 14.7 Å². The number of aromatic nitrogens is 2. The van der Waals surface area contributed by atoms with Crippen LogP contribution < -0.4 is 11.3 Å². The zero-order valence-electron chi connectivity index (χ0n) is 26.1. The fourth-order valence-electron chi connectivity index (χ4n) is 8.09. The largest absolute Gasteiger partial charge is 0.481 e. The van der Waals surface area contributed by atoms with Crippen LogP contribution >= 0.6 is 0 Å². The molecule has 236 valence electrons. The van der Waals surface area contributed by atoms with Crippen molar-refractivity contribution in [2.75, 3.05) is 13.2 Å². The Morgan fingerprint density at radius 1 is 1.07 bits per heavy atom. The van der Waals surface area contributed by atoms with Gasteiger partial charge in [-0.1, -0.05) is 56.8 Å². The first-order valence-electron chi connectivity index (χ1n) is 16.8. The molecule has 0 radical (unpaired) electrons. The van der Waals surface area contributed by atoms with Gasteiger partial charge in [-0.05, 0) is 81.9 Å². The number of benzene rings is 1. The lowest BCUT2D eigenvalue weighted by Gasteiger charge is -2.54. The summed E-state index contributed by atoms with van der Waals surface area (Å²) in [6.45, 7) is 5.47. The van der Waals surface area contributed by atoms with Gasteiger partial charge in [0.05, 0.1) is 17.5 Å². The number of carbonyl (C=O) groups is 1. The van der Waals surface area contributed by atoms with Gasteiger partial charge in [-0.25, -0.2) is 4.98 Å². The number of nitrogens with two attached hydrogens (primary N) is 1. The van der Waals surface area contributed by atoms with Gasteiger partial charge in [-0.3, -0.25) is 14.5 Å². The number of rotatable bonds is 13. The molecule has 2 saturated heterocycles. The lowest BCUT2D eigenvalue weighted by atomic mass is 9.75. The van der Waals surface area contributed by atoms with E-state index < -0.39 is 5.97 Å². The molecule has 3 aliphatic rings. The van der Waals surface area contributed by atoms with Gasteiger partial charge in [0.15, 0.2) is 5.69 Å². The molecule has 3 N–H and O–H groups in total. The van der Waals surface area contributed by atoms with Crippen molar-refractivity contribution in [1.82, 2.24) is 14.5 Å². The molecule has 5 rings (SSSR count). The Labute approximate surface area is 255 Å². The van der Waals surface area contributed by atoms with Gasteiger partial charge in [-0.2, -0.15) is 0 Å². The second-order valence-electron chi connectivity index (χ2n) is 13.3. The van der Waals surface area contributed by atoms with Crippen molar-refractivity contribution in [1.29, 1.82) is 0 Å². The number of fused-ring (bicyclic) bond motifs is 3. The van der Waals surface area contributed by atoms with E-state index in [1.807, 2.05) is 28.8 Å². The van der Waals surface area contributed by atoms with Crippen LogP contribution in [0, 0.1) is 11.8 Å². The van der Waals surface area contributed by atoms with E-state index in [4.69, 9.17) is 15.6 Å². The van der Waals surface area contributed by atoms with Gasteiger partial charge in [0.2, 0.25) is 0 Å². The number of carboxylic acids is 1. The van der Waals surface area contributed by atoms with Crippen molar-refractivity contribution in [2.24, 2.45) is 22.7 Å². The Kier molecular flexibility index (Phi) is 10.9. The van der Waals surface area contributed by atoms with Crippen LogP contribution in [0.3, 0.4) is 0 Å². The second kappa shape index (κ2) is 14.8. The SMILES string of the molecule is CC[C@@H](C)C[C@@H]1CCC[C@@H](N2[C@@H]3CCC[C@H]2C[C@@H](n2c(=O)c(/C(CCC(=O)O)=N/OCCCN)nc4ccccc42)C3)C1. The highest BCUT2D eigenvalue weighted by molar-refractivity contribution is 6.00. The van der Waals surface area contributed by atoms with Crippen LogP contribution in [0.25, 0.3) is 11.0 Å². The maximum atomic E-state index is 14.3. The summed E-state index contributed by atoms with van der Waals surface area (Å²) in [7, 11) is 0. The molecule has 1 aliphatic carbocycles. The fraction of sp³-hybridized carbons (Fsp3) is 0.706. The third-order valence-corrected chi connectivity index (χ3v) is 10.2. The zero-order chi connectivity index (χ0) is 30.3. The van der Waals surface area contributed by atoms with Gasteiger partial charge in [0.1, 0.15) is 12.3 Å². The maximum Gasteiger partial charge on any atom is 0.303 e. The normalized spacial score (nSPS) is 27.2. The average Bonchev–Trinajstić information content (AvgIpc) is 3.00. The topological polar surface area (TPSA) is 123 Å². The Bertz CT molecular complexity index is 1310. The molecule has 1 aromatic heterocycles. The van der Waals surface area contributed by atoms with E-state index in [0.717, 1.165) is 35.7 Å². The van der Waals surface area contributed by atoms with E-state index in [0.29, 0.717) is 37.7 Å². The van der Waals surface area contributed by atoms with Gasteiger partial charge in [-0.15, -0.1) is 0 Å². The van der Waals surface area contributed by atoms with Crippen LogP contribution in [0.4, 0.5) is 0 Å². The molecular formula is C34H51N5O4. The number of aliphatic carboxylic acids is 1. The summed E-state index contributed by atoms with van der Waals surface area (Å²) in [6, 6.07) is 9.47. The number of piperidine rings is 2. The van der Waals surface area contributed by atoms with E-state index in [1.54, 1.807) is 0 Å². The molecule has 1 aromatic carbocycles. The smallest absolute Gasteiger partial charge is 0.303 e. The third-order valence-electron chi connectivity index (χ3n) is 10.2. The number of hydrogen-bond acceptors (Lipinski definition) is 7. The maximum absolute atomic E-state index is 14.3.